The molecule has 94 valence electrons. The lowest BCUT2D eigenvalue weighted by Crippen LogP contribution is -2.29. The summed E-state index contributed by atoms with van der Waals surface area (Å²) in [7, 11) is 0. The minimum Gasteiger partial charge on any atom is -0.384 e. The fourth-order valence-corrected chi connectivity index (χ4v) is 2.11. The number of carbonyl (C=O) groups excluding carboxylic acids is 1. The van der Waals surface area contributed by atoms with Gasteiger partial charge in [0.15, 0.2) is 0 Å². The molecular formula is C14H16N2O2. The number of nitrogens with zero attached hydrogens (tertiary/aromatic N) is 2. The molecule has 2 heterocycles. The van der Waals surface area contributed by atoms with E-state index in [1.807, 2.05) is 4.90 Å². The Morgan fingerprint density at radius 3 is 3.17 bits per heavy atom. The number of hydrogen-bond donors (Lipinski definition) is 1. The molecule has 1 amide bonds. The largest absolute Gasteiger partial charge is 0.384 e. The number of hydrogen-bond acceptors (Lipinski definition) is 3. The van der Waals surface area contributed by atoms with E-state index < -0.39 is 0 Å². The number of rotatable bonds is 1. The van der Waals surface area contributed by atoms with Crippen LogP contribution in [0.3, 0.4) is 0 Å². The van der Waals surface area contributed by atoms with E-state index in [0.717, 1.165) is 19.5 Å². The van der Waals surface area contributed by atoms with Gasteiger partial charge in [-0.2, -0.15) is 0 Å². The first kappa shape index (κ1) is 12.6. The fraction of sp³-hybridized carbons (Fsp3) is 0.429. The molecule has 1 atom stereocenters. The summed E-state index contributed by atoms with van der Waals surface area (Å²) in [6.07, 6.45) is 4.21. The van der Waals surface area contributed by atoms with E-state index in [-0.39, 0.29) is 12.5 Å². The molecule has 0 radical (unpaired) electrons. The molecule has 4 heteroatoms. The van der Waals surface area contributed by atoms with Crippen molar-refractivity contribution in [1.29, 1.82) is 0 Å². The average Bonchev–Trinajstić information content (AvgIpc) is 2.82. The van der Waals surface area contributed by atoms with Crippen molar-refractivity contribution >= 4 is 5.91 Å². The standard InChI is InChI=1S/C14H16N2O2/c1-11-5-7-16(10-11)14(18)13-4-6-15-9-12(13)3-2-8-17/h4,6,9,11,17H,5,7-8,10H2,1H3. The average molecular weight is 244 g/mol. The maximum absolute atomic E-state index is 12.3. The Morgan fingerprint density at radius 2 is 2.50 bits per heavy atom. The number of aromatic nitrogens is 1. The maximum Gasteiger partial charge on any atom is 0.255 e. The van der Waals surface area contributed by atoms with Crippen LogP contribution in [0.4, 0.5) is 0 Å². The van der Waals surface area contributed by atoms with Crippen LogP contribution in [0.15, 0.2) is 18.5 Å². The molecule has 0 aliphatic carbocycles. The first-order valence-corrected chi connectivity index (χ1v) is 6.05. The minimum absolute atomic E-state index is 0.00369. The summed E-state index contributed by atoms with van der Waals surface area (Å²) in [6.45, 7) is 3.53. The molecule has 0 saturated carbocycles. The third-order valence-electron chi connectivity index (χ3n) is 3.06. The lowest BCUT2D eigenvalue weighted by molar-refractivity contribution is 0.0787. The topological polar surface area (TPSA) is 53.4 Å². The zero-order chi connectivity index (χ0) is 13.0. The molecule has 1 N–H and O–H groups in total. The summed E-state index contributed by atoms with van der Waals surface area (Å²) in [4.78, 5) is 18.2. The summed E-state index contributed by atoms with van der Waals surface area (Å²) in [5.74, 6) is 5.88. The summed E-state index contributed by atoms with van der Waals surface area (Å²) in [5.41, 5.74) is 1.15. The summed E-state index contributed by atoms with van der Waals surface area (Å²) >= 11 is 0. The third-order valence-corrected chi connectivity index (χ3v) is 3.06. The van der Waals surface area contributed by atoms with Gasteiger partial charge in [0.25, 0.3) is 5.91 Å². The number of pyridine rings is 1. The second-order valence-electron chi connectivity index (χ2n) is 4.53. The van der Waals surface area contributed by atoms with Crippen LogP contribution in [0, 0.1) is 17.8 Å². The van der Waals surface area contributed by atoms with Gasteiger partial charge in [-0.1, -0.05) is 18.8 Å². The van der Waals surface area contributed by atoms with Crippen LogP contribution >= 0.6 is 0 Å². The highest BCUT2D eigenvalue weighted by atomic mass is 16.2. The van der Waals surface area contributed by atoms with E-state index in [0.29, 0.717) is 17.0 Å². The fourth-order valence-electron chi connectivity index (χ4n) is 2.11. The van der Waals surface area contributed by atoms with Gasteiger partial charge in [-0.25, -0.2) is 0 Å². The molecule has 0 aromatic carbocycles. The van der Waals surface area contributed by atoms with Gasteiger partial charge in [0, 0.05) is 25.5 Å². The predicted octanol–water partition coefficient (Wildman–Crippen LogP) is 0.907. The monoisotopic (exact) mass is 244 g/mol. The summed E-state index contributed by atoms with van der Waals surface area (Å²) in [5, 5.41) is 8.71. The maximum atomic E-state index is 12.3. The second kappa shape index (κ2) is 5.65. The quantitative estimate of drug-likeness (QED) is 0.747. The van der Waals surface area contributed by atoms with Crippen LogP contribution in [0.2, 0.25) is 0 Å². The lowest BCUT2D eigenvalue weighted by atomic mass is 10.1. The molecule has 4 nitrogen and oxygen atoms in total. The first-order chi connectivity index (χ1) is 8.72. The van der Waals surface area contributed by atoms with Crippen molar-refractivity contribution in [3.8, 4) is 11.8 Å². The van der Waals surface area contributed by atoms with Gasteiger partial charge in [-0.15, -0.1) is 0 Å². The number of aliphatic hydroxyl groups is 1. The van der Waals surface area contributed by atoms with Crippen molar-refractivity contribution in [1.82, 2.24) is 9.88 Å². The molecule has 18 heavy (non-hydrogen) atoms. The molecule has 2 rings (SSSR count). The van der Waals surface area contributed by atoms with Crippen LogP contribution < -0.4 is 0 Å². The molecule has 1 aromatic rings. The minimum atomic E-state index is -0.219. The Bertz CT molecular complexity index is 502. The highest BCUT2D eigenvalue weighted by Crippen LogP contribution is 2.19. The van der Waals surface area contributed by atoms with Crippen molar-refractivity contribution in [2.75, 3.05) is 19.7 Å². The molecule has 1 saturated heterocycles. The Morgan fingerprint density at radius 1 is 1.67 bits per heavy atom. The first-order valence-electron chi connectivity index (χ1n) is 6.05. The smallest absolute Gasteiger partial charge is 0.255 e. The number of carbonyl (C=O) groups is 1. The molecular weight excluding hydrogens is 228 g/mol. The molecule has 0 spiro atoms. The Balaban J connectivity index is 2.24. The van der Waals surface area contributed by atoms with Crippen LogP contribution in [0.1, 0.15) is 29.3 Å². The molecule has 1 unspecified atom stereocenters. The normalized spacial score (nSPS) is 18.3. The van der Waals surface area contributed by atoms with Crippen LogP contribution in [0.25, 0.3) is 0 Å². The van der Waals surface area contributed by atoms with Crippen molar-refractivity contribution in [2.45, 2.75) is 13.3 Å². The van der Waals surface area contributed by atoms with Crippen LogP contribution in [0.5, 0.6) is 0 Å². The van der Waals surface area contributed by atoms with Gasteiger partial charge in [0.2, 0.25) is 0 Å². The van der Waals surface area contributed by atoms with E-state index in [2.05, 4.69) is 23.7 Å². The second-order valence-corrected chi connectivity index (χ2v) is 4.53. The highest BCUT2D eigenvalue weighted by Gasteiger charge is 2.25. The molecule has 0 bridgehead atoms. The van der Waals surface area contributed by atoms with E-state index >= 15 is 0 Å². The van der Waals surface area contributed by atoms with E-state index in [9.17, 15) is 4.79 Å². The van der Waals surface area contributed by atoms with Crippen molar-refractivity contribution in [3.05, 3.63) is 29.6 Å². The Kier molecular flexibility index (Phi) is 3.96. The summed E-state index contributed by atoms with van der Waals surface area (Å²) in [6, 6.07) is 1.69. The predicted molar refractivity (Wildman–Crippen MR) is 67.9 cm³/mol. The van der Waals surface area contributed by atoms with Gasteiger partial charge in [-0.05, 0) is 18.4 Å². The van der Waals surface area contributed by atoms with Gasteiger partial charge >= 0.3 is 0 Å². The zero-order valence-electron chi connectivity index (χ0n) is 10.4. The Labute approximate surface area is 107 Å². The molecule has 1 fully saturated rings. The van der Waals surface area contributed by atoms with Gasteiger partial charge in [0.05, 0.1) is 11.1 Å². The number of likely N-dealkylation sites (tertiary alicyclic amines) is 1. The van der Waals surface area contributed by atoms with E-state index in [1.165, 1.54) is 0 Å². The van der Waals surface area contributed by atoms with Gasteiger partial charge in [-0.3, -0.25) is 9.78 Å². The number of amides is 1. The Hall–Kier alpha value is -1.86. The third kappa shape index (κ3) is 2.69. The van der Waals surface area contributed by atoms with E-state index in [1.54, 1.807) is 18.5 Å². The SMILES string of the molecule is CC1CCN(C(=O)c2ccncc2C#CCO)C1. The molecule has 1 aliphatic heterocycles. The highest BCUT2D eigenvalue weighted by molar-refractivity contribution is 5.96. The number of aliphatic hydroxyl groups excluding tert-OH is 1. The van der Waals surface area contributed by atoms with E-state index in [4.69, 9.17) is 5.11 Å². The van der Waals surface area contributed by atoms with Crippen molar-refractivity contribution in [2.24, 2.45) is 5.92 Å². The van der Waals surface area contributed by atoms with Crippen LogP contribution in [-0.4, -0.2) is 40.6 Å². The van der Waals surface area contributed by atoms with Gasteiger partial charge in [0.1, 0.15) is 6.61 Å². The van der Waals surface area contributed by atoms with Crippen LogP contribution in [-0.2, 0) is 0 Å². The lowest BCUT2D eigenvalue weighted by Gasteiger charge is -2.16. The van der Waals surface area contributed by atoms with Gasteiger partial charge < -0.3 is 10.0 Å². The summed E-state index contributed by atoms with van der Waals surface area (Å²) < 4.78 is 0. The zero-order valence-corrected chi connectivity index (χ0v) is 10.4. The van der Waals surface area contributed by atoms with Crippen molar-refractivity contribution < 1.29 is 9.90 Å². The molecule has 1 aromatic heterocycles. The van der Waals surface area contributed by atoms with Crippen molar-refractivity contribution in [3.63, 3.8) is 0 Å². The molecule has 1 aliphatic rings.